The molecule has 21 heavy (non-hydrogen) atoms. The van der Waals surface area contributed by atoms with E-state index in [0.29, 0.717) is 18.4 Å². The second-order valence-electron chi connectivity index (χ2n) is 5.19. The van der Waals surface area contributed by atoms with Gasteiger partial charge < -0.3 is 15.8 Å². The van der Waals surface area contributed by atoms with Crippen LogP contribution in [0.15, 0.2) is 29.3 Å². The number of hydrogen-bond acceptors (Lipinski definition) is 2. The lowest BCUT2D eigenvalue weighted by atomic mass is 10.1. The van der Waals surface area contributed by atoms with Gasteiger partial charge in [-0.25, -0.2) is 9.38 Å². The van der Waals surface area contributed by atoms with Crippen LogP contribution >= 0.6 is 24.0 Å². The van der Waals surface area contributed by atoms with Gasteiger partial charge in [0.15, 0.2) is 17.5 Å². The van der Waals surface area contributed by atoms with Crippen LogP contribution in [0.4, 0.5) is 4.39 Å². The highest BCUT2D eigenvalue weighted by Gasteiger charge is 2.07. The number of nitrogens with one attached hydrogen (secondary N) is 1. The minimum absolute atomic E-state index is 0. The summed E-state index contributed by atoms with van der Waals surface area (Å²) in [5.41, 5.74) is 5.74. The summed E-state index contributed by atoms with van der Waals surface area (Å²) in [6.45, 7) is 7.32. The van der Waals surface area contributed by atoms with Crippen molar-refractivity contribution in [2.75, 3.05) is 13.1 Å². The van der Waals surface area contributed by atoms with Crippen molar-refractivity contribution >= 4 is 29.9 Å². The lowest BCUT2D eigenvalue weighted by molar-refractivity contribution is 0.220. The Kier molecular flexibility index (Phi) is 10.1. The van der Waals surface area contributed by atoms with E-state index >= 15 is 0 Å². The first kappa shape index (κ1) is 19.9. The van der Waals surface area contributed by atoms with Crippen molar-refractivity contribution in [2.24, 2.45) is 16.6 Å². The van der Waals surface area contributed by atoms with Gasteiger partial charge in [-0.2, -0.15) is 0 Å². The van der Waals surface area contributed by atoms with Crippen molar-refractivity contribution < 1.29 is 9.13 Å². The zero-order valence-electron chi connectivity index (χ0n) is 12.8. The van der Waals surface area contributed by atoms with Crippen molar-refractivity contribution in [3.8, 4) is 5.75 Å². The molecule has 0 amide bonds. The van der Waals surface area contributed by atoms with Crippen molar-refractivity contribution in [1.82, 2.24) is 5.32 Å². The first-order valence-corrected chi connectivity index (χ1v) is 6.94. The van der Waals surface area contributed by atoms with Gasteiger partial charge >= 0.3 is 0 Å². The minimum atomic E-state index is -0.369. The van der Waals surface area contributed by atoms with Crippen LogP contribution in [0.5, 0.6) is 5.75 Å². The second-order valence-corrected chi connectivity index (χ2v) is 5.19. The molecule has 6 heteroatoms. The number of nitrogens with zero attached hydrogens (tertiary/aromatic N) is 1. The molecule has 0 aromatic heterocycles. The third-order valence-electron chi connectivity index (χ3n) is 2.71. The fourth-order valence-corrected chi connectivity index (χ4v) is 1.57. The maximum atomic E-state index is 13.4. The van der Waals surface area contributed by atoms with Crippen LogP contribution in [-0.2, 0) is 0 Å². The molecule has 0 saturated heterocycles. The zero-order chi connectivity index (χ0) is 15.0. The molecule has 4 nitrogen and oxygen atoms in total. The molecule has 0 spiro atoms. The van der Waals surface area contributed by atoms with E-state index in [1.54, 1.807) is 18.2 Å². The van der Waals surface area contributed by atoms with Gasteiger partial charge in [0, 0.05) is 6.54 Å². The normalized spacial score (nSPS) is 12.7. The molecule has 3 N–H and O–H groups in total. The Hall–Kier alpha value is -1.05. The smallest absolute Gasteiger partial charge is 0.188 e. The van der Waals surface area contributed by atoms with E-state index in [9.17, 15) is 4.39 Å². The van der Waals surface area contributed by atoms with Gasteiger partial charge in [-0.1, -0.05) is 26.0 Å². The lowest BCUT2D eigenvalue weighted by Crippen LogP contribution is -2.34. The highest BCUT2D eigenvalue weighted by atomic mass is 127. The highest BCUT2D eigenvalue weighted by molar-refractivity contribution is 14.0. The summed E-state index contributed by atoms with van der Waals surface area (Å²) in [7, 11) is 0. The average Bonchev–Trinajstić information content (AvgIpc) is 2.39. The molecule has 1 aromatic carbocycles. The summed E-state index contributed by atoms with van der Waals surface area (Å²) in [5.74, 6) is 0.890. The van der Waals surface area contributed by atoms with Crippen LogP contribution in [0.25, 0.3) is 0 Å². The van der Waals surface area contributed by atoms with Gasteiger partial charge in [0.25, 0.3) is 0 Å². The van der Waals surface area contributed by atoms with Crippen molar-refractivity contribution in [3.63, 3.8) is 0 Å². The molecule has 1 aromatic rings. The number of nitrogens with two attached hydrogens (primary N) is 1. The third kappa shape index (κ3) is 8.75. The summed E-state index contributed by atoms with van der Waals surface area (Å²) >= 11 is 0. The first-order chi connectivity index (χ1) is 9.49. The number of hydrogen-bond donors (Lipinski definition) is 2. The number of guanidine groups is 1. The molecular weight excluding hydrogens is 384 g/mol. The molecule has 0 aliphatic heterocycles. The Morgan fingerprint density at radius 2 is 2.00 bits per heavy atom. The molecule has 1 rings (SSSR count). The highest BCUT2D eigenvalue weighted by Crippen LogP contribution is 2.16. The molecule has 0 aliphatic carbocycles. The number of halogens is 2. The molecule has 0 bridgehead atoms. The Morgan fingerprint density at radius 3 is 2.62 bits per heavy atom. The van der Waals surface area contributed by atoms with Crippen LogP contribution in [-0.4, -0.2) is 25.2 Å². The maximum absolute atomic E-state index is 13.4. The fourth-order valence-electron chi connectivity index (χ4n) is 1.57. The van der Waals surface area contributed by atoms with Crippen LogP contribution in [0.3, 0.4) is 0 Å². The van der Waals surface area contributed by atoms with Gasteiger partial charge in [-0.15, -0.1) is 24.0 Å². The second kappa shape index (κ2) is 10.6. The van der Waals surface area contributed by atoms with Gasteiger partial charge in [0.1, 0.15) is 6.10 Å². The minimum Gasteiger partial charge on any atom is -0.486 e. The molecule has 1 atom stereocenters. The van der Waals surface area contributed by atoms with Gasteiger partial charge in [0.05, 0.1) is 6.54 Å². The maximum Gasteiger partial charge on any atom is 0.188 e. The summed E-state index contributed by atoms with van der Waals surface area (Å²) in [5, 5.41) is 3.04. The Labute approximate surface area is 143 Å². The summed E-state index contributed by atoms with van der Waals surface area (Å²) in [4.78, 5) is 4.18. The van der Waals surface area contributed by atoms with E-state index in [1.807, 2.05) is 6.92 Å². The van der Waals surface area contributed by atoms with E-state index in [0.717, 1.165) is 13.0 Å². The van der Waals surface area contributed by atoms with Crippen LogP contribution < -0.4 is 15.8 Å². The predicted molar refractivity (Wildman–Crippen MR) is 95.9 cm³/mol. The van der Waals surface area contributed by atoms with E-state index < -0.39 is 0 Å². The molecule has 0 aliphatic rings. The molecule has 0 saturated carbocycles. The monoisotopic (exact) mass is 409 g/mol. The lowest BCUT2D eigenvalue weighted by Gasteiger charge is -2.14. The third-order valence-corrected chi connectivity index (χ3v) is 2.71. The van der Waals surface area contributed by atoms with Gasteiger partial charge in [0.2, 0.25) is 0 Å². The van der Waals surface area contributed by atoms with Gasteiger partial charge in [-0.3, -0.25) is 0 Å². The van der Waals surface area contributed by atoms with Crippen LogP contribution in [0.2, 0.25) is 0 Å². The predicted octanol–water partition coefficient (Wildman–Crippen LogP) is 3.16. The van der Waals surface area contributed by atoms with E-state index in [4.69, 9.17) is 10.5 Å². The zero-order valence-corrected chi connectivity index (χ0v) is 15.1. The summed E-state index contributed by atoms with van der Waals surface area (Å²) < 4.78 is 18.9. The van der Waals surface area contributed by atoms with Crippen molar-refractivity contribution in [1.29, 1.82) is 0 Å². The molecule has 0 fully saturated rings. The van der Waals surface area contributed by atoms with Crippen molar-refractivity contribution in [2.45, 2.75) is 33.3 Å². The quantitative estimate of drug-likeness (QED) is 0.413. The number of benzene rings is 1. The number of ether oxygens (including phenoxy) is 1. The molecule has 0 heterocycles. The topological polar surface area (TPSA) is 59.6 Å². The summed E-state index contributed by atoms with van der Waals surface area (Å²) in [6.07, 6.45) is 0.801. The molecule has 120 valence electrons. The standard InChI is InChI=1S/C15H24FN3O.HI/c1-11(2)8-9-18-15(17)19-10-12(3)20-14-7-5-4-6-13(14)16;/h4-7,11-12H,8-10H2,1-3H3,(H3,17,18,19);1H. The molecule has 1 unspecified atom stereocenters. The van der Waals surface area contributed by atoms with Crippen LogP contribution in [0, 0.1) is 11.7 Å². The fraction of sp³-hybridized carbons (Fsp3) is 0.533. The Balaban J connectivity index is 0.00000400. The summed E-state index contributed by atoms with van der Waals surface area (Å²) in [6, 6.07) is 6.32. The average molecular weight is 409 g/mol. The Morgan fingerprint density at radius 1 is 1.33 bits per heavy atom. The van der Waals surface area contributed by atoms with Crippen LogP contribution in [0.1, 0.15) is 27.2 Å². The SMILES string of the molecule is CC(C)CCNC(N)=NCC(C)Oc1ccccc1F.I. The van der Waals surface area contributed by atoms with Crippen molar-refractivity contribution in [3.05, 3.63) is 30.1 Å². The molecular formula is C15H25FIN3O. The van der Waals surface area contributed by atoms with E-state index in [-0.39, 0.29) is 41.6 Å². The largest absolute Gasteiger partial charge is 0.486 e. The number of aliphatic imine (C=N–C) groups is 1. The number of rotatable bonds is 7. The Bertz CT molecular complexity index is 441. The van der Waals surface area contributed by atoms with Gasteiger partial charge in [-0.05, 0) is 31.4 Å². The van der Waals surface area contributed by atoms with E-state index in [2.05, 4.69) is 24.2 Å². The number of para-hydroxylation sites is 1. The van der Waals surface area contributed by atoms with E-state index in [1.165, 1.54) is 6.07 Å². The first-order valence-electron chi connectivity index (χ1n) is 6.94. The molecule has 0 radical (unpaired) electrons.